The summed E-state index contributed by atoms with van der Waals surface area (Å²) in [7, 11) is -1.12. The van der Waals surface area contributed by atoms with Gasteiger partial charge in [0.2, 0.25) is 5.91 Å². The molecule has 0 fully saturated rings. The Balaban J connectivity index is 2.51. The summed E-state index contributed by atoms with van der Waals surface area (Å²) in [5.41, 5.74) is 11.5. The number of nitrogens with zero attached hydrogens (tertiary/aromatic N) is 3. The van der Waals surface area contributed by atoms with Gasteiger partial charge in [-0.3, -0.25) is 4.79 Å². The molecule has 0 saturated heterocycles. The molecule has 0 aromatic heterocycles. The number of hydrogen-bond acceptors (Lipinski definition) is 7. The van der Waals surface area contributed by atoms with E-state index in [2.05, 4.69) is 15.7 Å². The van der Waals surface area contributed by atoms with Gasteiger partial charge in [0.1, 0.15) is 10.9 Å². The zero-order valence-corrected chi connectivity index (χ0v) is 16.9. The zero-order chi connectivity index (χ0) is 22.0. The topological polar surface area (TPSA) is 195 Å². The number of nitrogens with two attached hydrogens (primary N) is 2. The van der Waals surface area contributed by atoms with E-state index in [9.17, 15) is 23.3 Å². The average molecular weight is 431 g/mol. The maximum absolute atomic E-state index is 11.7. The lowest BCUT2D eigenvalue weighted by Gasteiger charge is -2.16. The van der Waals surface area contributed by atoms with Crippen LogP contribution in [0, 0.1) is 10.1 Å². The number of benzene rings is 1. The van der Waals surface area contributed by atoms with Gasteiger partial charge in [-0.25, -0.2) is 10.1 Å². The summed E-state index contributed by atoms with van der Waals surface area (Å²) in [4.78, 5) is 21.7. The Bertz CT molecular complexity index is 826. The molecule has 1 atom stereocenters. The van der Waals surface area contributed by atoms with Gasteiger partial charge < -0.3 is 26.3 Å². The first-order valence-corrected chi connectivity index (χ1v) is 9.83. The Morgan fingerprint density at radius 1 is 1.31 bits per heavy atom. The van der Waals surface area contributed by atoms with Crippen LogP contribution in [0.1, 0.15) is 18.4 Å². The number of primary amides is 1. The van der Waals surface area contributed by atoms with Crippen LogP contribution in [0.15, 0.2) is 29.4 Å². The van der Waals surface area contributed by atoms with Crippen molar-refractivity contribution in [3.63, 3.8) is 0 Å². The van der Waals surface area contributed by atoms with E-state index in [1.165, 1.54) is 26.2 Å². The molecule has 13 nitrogen and oxygen atoms in total. The van der Waals surface area contributed by atoms with Gasteiger partial charge in [0.05, 0.1) is 6.04 Å². The molecule has 0 heterocycles. The van der Waals surface area contributed by atoms with Crippen LogP contribution in [0.3, 0.4) is 0 Å². The lowest BCUT2D eigenvalue weighted by atomic mass is 10.1. The molecule has 1 rings (SSSR count). The molecule has 1 amide bonds. The molecule has 0 aliphatic heterocycles. The maximum Gasteiger partial charge on any atom is 0.384 e. The SMILES string of the molecule is CN(C)S(=O)(=O)Oc1ccc(CN[C@H](CCCNC(N)=N[N+](=O)[O-])C(N)=O)cc1. The van der Waals surface area contributed by atoms with Gasteiger partial charge in [-0.2, -0.15) is 12.7 Å². The number of guanidine groups is 1. The number of carbonyl (C=O) groups excluding carboxylic acids is 1. The Morgan fingerprint density at radius 2 is 1.93 bits per heavy atom. The normalized spacial score (nSPS) is 13.1. The molecular weight excluding hydrogens is 406 g/mol. The first-order valence-electron chi connectivity index (χ1n) is 8.47. The van der Waals surface area contributed by atoms with E-state index in [1.54, 1.807) is 12.1 Å². The van der Waals surface area contributed by atoms with Crippen molar-refractivity contribution < 1.29 is 22.4 Å². The molecular formula is C15H25N7O6S. The van der Waals surface area contributed by atoms with Crippen molar-refractivity contribution in [1.29, 1.82) is 0 Å². The Morgan fingerprint density at radius 3 is 2.45 bits per heavy atom. The molecule has 0 bridgehead atoms. The van der Waals surface area contributed by atoms with E-state index in [-0.39, 0.29) is 18.3 Å². The van der Waals surface area contributed by atoms with E-state index in [1.807, 2.05) is 0 Å². The van der Waals surface area contributed by atoms with Crippen LogP contribution in [0.2, 0.25) is 0 Å². The van der Waals surface area contributed by atoms with Gasteiger partial charge in [-0.15, -0.1) is 0 Å². The third kappa shape index (κ3) is 9.18. The van der Waals surface area contributed by atoms with Crippen molar-refractivity contribution in [2.45, 2.75) is 25.4 Å². The number of nitro groups is 1. The van der Waals surface area contributed by atoms with Crippen molar-refractivity contribution in [1.82, 2.24) is 14.9 Å². The fourth-order valence-corrected chi connectivity index (χ4v) is 2.59. The molecule has 1 aromatic carbocycles. The molecule has 0 aliphatic rings. The summed E-state index contributed by atoms with van der Waals surface area (Å²) in [6, 6.07) is 5.68. The highest BCUT2D eigenvalue weighted by atomic mass is 32.2. The van der Waals surface area contributed by atoms with E-state index < -0.39 is 27.3 Å². The number of nitrogens with one attached hydrogen (secondary N) is 2. The number of hydrogen-bond donors (Lipinski definition) is 4. The van der Waals surface area contributed by atoms with Gasteiger partial charge in [0.25, 0.3) is 5.96 Å². The lowest BCUT2D eigenvalue weighted by molar-refractivity contribution is -0.485. The maximum atomic E-state index is 11.7. The first kappa shape index (κ1) is 24.1. The summed E-state index contributed by atoms with van der Waals surface area (Å²) in [6.45, 7) is 0.591. The number of amides is 1. The number of hydrazone groups is 1. The van der Waals surface area contributed by atoms with Gasteiger partial charge in [-0.05, 0) is 30.5 Å². The van der Waals surface area contributed by atoms with Crippen molar-refractivity contribution in [3.8, 4) is 5.75 Å². The van der Waals surface area contributed by atoms with Crippen molar-refractivity contribution >= 4 is 22.2 Å². The quantitative estimate of drug-likeness (QED) is 0.102. The number of carbonyl (C=O) groups is 1. The second kappa shape index (κ2) is 11.1. The predicted molar refractivity (Wildman–Crippen MR) is 105 cm³/mol. The largest absolute Gasteiger partial charge is 0.384 e. The van der Waals surface area contributed by atoms with Gasteiger partial charge in [-0.1, -0.05) is 12.1 Å². The summed E-state index contributed by atoms with van der Waals surface area (Å²) >= 11 is 0. The highest BCUT2D eigenvalue weighted by Crippen LogP contribution is 2.15. The van der Waals surface area contributed by atoms with E-state index in [0.29, 0.717) is 19.4 Å². The first-order chi connectivity index (χ1) is 13.5. The van der Waals surface area contributed by atoms with Gasteiger partial charge >= 0.3 is 10.3 Å². The van der Waals surface area contributed by atoms with Crippen LogP contribution in [-0.2, 0) is 21.6 Å². The van der Waals surface area contributed by atoms with Crippen LogP contribution >= 0.6 is 0 Å². The summed E-state index contributed by atoms with van der Waals surface area (Å²) < 4.78 is 29.2. The standard InChI is InChI=1S/C15H25N7O6S/c1-21(2)29(26,27)28-12-7-5-11(6-8-12)10-19-13(14(16)23)4-3-9-18-15(17)20-22(24)25/h5-8,13,19H,3-4,9-10H2,1-2H3,(H2,16,23)(H3,17,18,20)/t13-/m1/s1. The Hall–Kier alpha value is -2.97. The van der Waals surface area contributed by atoms with E-state index in [4.69, 9.17) is 15.7 Å². The Labute approximate surface area is 168 Å². The molecule has 14 heteroatoms. The molecule has 1 aromatic rings. The molecule has 0 saturated carbocycles. The fourth-order valence-electron chi connectivity index (χ4n) is 2.09. The summed E-state index contributed by atoms with van der Waals surface area (Å²) in [5, 5.41) is 17.7. The second-order valence-corrected chi connectivity index (χ2v) is 7.85. The zero-order valence-electron chi connectivity index (χ0n) is 16.1. The third-order valence-corrected chi connectivity index (χ3v) is 4.93. The molecule has 6 N–H and O–H groups in total. The second-order valence-electron chi connectivity index (χ2n) is 6.10. The summed E-state index contributed by atoms with van der Waals surface area (Å²) in [6.07, 6.45) is 0.833. The van der Waals surface area contributed by atoms with Crippen LogP contribution in [-0.4, -0.2) is 56.3 Å². The van der Waals surface area contributed by atoms with Gasteiger partial charge in [0.15, 0.2) is 5.03 Å². The minimum Gasteiger partial charge on any atom is -0.371 e. The minimum absolute atomic E-state index is 0.161. The van der Waals surface area contributed by atoms with E-state index >= 15 is 0 Å². The number of rotatable bonds is 12. The van der Waals surface area contributed by atoms with Crippen LogP contribution in [0.5, 0.6) is 5.75 Å². The van der Waals surface area contributed by atoms with Crippen LogP contribution in [0.25, 0.3) is 0 Å². The highest BCUT2D eigenvalue weighted by molar-refractivity contribution is 7.84. The molecule has 29 heavy (non-hydrogen) atoms. The Kier molecular flexibility index (Phi) is 9.24. The van der Waals surface area contributed by atoms with E-state index in [0.717, 1.165) is 9.87 Å². The van der Waals surface area contributed by atoms with Gasteiger partial charge in [0, 0.05) is 27.2 Å². The predicted octanol–water partition coefficient (Wildman–Crippen LogP) is -1.31. The van der Waals surface area contributed by atoms with Crippen LogP contribution < -0.4 is 26.3 Å². The average Bonchev–Trinajstić information content (AvgIpc) is 2.61. The fraction of sp³-hybridized carbons (Fsp3) is 0.467. The molecule has 0 radical (unpaired) electrons. The molecule has 0 aliphatic carbocycles. The van der Waals surface area contributed by atoms with Crippen LogP contribution in [0.4, 0.5) is 0 Å². The van der Waals surface area contributed by atoms with Crippen molar-refractivity contribution in [2.24, 2.45) is 16.6 Å². The molecule has 162 valence electrons. The monoisotopic (exact) mass is 431 g/mol. The smallest absolute Gasteiger partial charge is 0.371 e. The summed E-state index contributed by atoms with van der Waals surface area (Å²) in [5.74, 6) is -0.708. The lowest BCUT2D eigenvalue weighted by Crippen LogP contribution is -2.41. The minimum atomic E-state index is -3.83. The van der Waals surface area contributed by atoms with Crippen molar-refractivity contribution in [3.05, 3.63) is 39.9 Å². The molecule has 0 unspecified atom stereocenters. The molecule has 0 spiro atoms. The highest BCUT2D eigenvalue weighted by Gasteiger charge is 2.16. The third-order valence-electron chi connectivity index (χ3n) is 3.63. The van der Waals surface area contributed by atoms with Crippen molar-refractivity contribution in [2.75, 3.05) is 20.6 Å².